The van der Waals surface area contributed by atoms with E-state index in [1.54, 1.807) is 24.3 Å². The molecule has 0 unspecified atom stereocenters. The summed E-state index contributed by atoms with van der Waals surface area (Å²) in [6.07, 6.45) is 1.91. The molecule has 0 bridgehead atoms. The Morgan fingerprint density at radius 1 is 1.22 bits per heavy atom. The molecule has 0 aliphatic rings. The molecule has 4 nitrogen and oxygen atoms in total. The molecule has 0 saturated carbocycles. The van der Waals surface area contributed by atoms with Crippen LogP contribution in [-0.2, 0) is 0 Å². The van der Waals surface area contributed by atoms with Crippen LogP contribution in [0.4, 0.5) is 11.4 Å². The zero-order valence-corrected chi connectivity index (χ0v) is 10.6. The van der Waals surface area contributed by atoms with Crippen molar-refractivity contribution >= 4 is 17.3 Å². The summed E-state index contributed by atoms with van der Waals surface area (Å²) in [7, 11) is 0. The Balaban J connectivity index is 2.17. The Morgan fingerprint density at radius 2 is 1.89 bits per heavy atom. The first-order valence-electron chi connectivity index (χ1n) is 5.91. The van der Waals surface area contributed by atoms with Crippen LogP contribution in [-0.4, -0.2) is 10.5 Å². The number of anilines is 2. The number of aromatic nitrogens is 1. The predicted octanol–water partition coefficient (Wildman–Crippen LogP) is 2.90. The van der Waals surface area contributed by atoms with E-state index in [4.69, 9.17) is 5.73 Å². The van der Waals surface area contributed by atoms with E-state index in [0.29, 0.717) is 11.4 Å². The van der Waals surface area contributed by atoms with Gasteiger partial charge in [-0.25, -0.2) is 0 Å². The maximum Gasteiger partial charge on any atom is 0.272 e. The van der Waals surface area contributed by atoms with E-state index >= 15 is 0 Å². The van der Waals surface area contributed by atoms with Gasteiger partial charge in [0.25, 0.3) is 5.91 Å². The fourth-order valence-electron chi connectivity index (χ4n) is 1.80. The van der Waals surface area contributed by atoms with Crippen LogP contribution in [0.25, 0.3) is 0 Å². The maximum atomic E-state index is 12.1. The Morgan fingerprint density at radius 3 is 2.50 bits per heavy atom. The summed E-state index contributed by atoms with van der Waals surface area (Å²) >= 11 is 0. The lowest BCUT2D eigenvalue weighted by Gasteiger charge is -2.12. The molecule has 2 aromatic rings. The molecule has 0 fully saturated rings. The highest BCUT2D eigenvalue weighted by molar-refractivity contribution is 6.03. The number of benzene rings is 1. The number of carbonyl (C=O) groups excluding carboxylic acids is 1. The summed E-state index contributed by atoms with van der Waals surface area (Å²) < 4.78 is 1.94. The molecule has 1 heterocycles. The summed E-state index contributed by atoms with van der Waals surface area (Å²) in [6, 6.07) is 11.0. The summed E-state index contributed by atoms with van der Waals surface area (Å²) in [5.41, 5.74) is 7.67. The van der Waals surface area contributed by atoms with Crippen LogP contribution in [0.2, 0.25) is 0 Å². The van der Waals surface area contributed by atoms with Gasteiger partial charge in [0.05, 0.1) is 0 Å². The van der Waals surface area contributed by atoms with Crippen LogP contribution < -0.4 is 11.1 Å². The van der Waals surface area contributed by atoms with E-state index in [9.17, 15) is 4.79 Å². The van der Waals surface area contributed by atoms with Crippen molar-refractivity contribution in [1.29, 1.82) is 0 Å². The molecule has 2 rings (SSSR count). The fraction of sp³-hybridized carbons (Fsp3) is 0.214. The zero-order valence-electron chi connectivity index (χ0n) is 10.6. The molecule has 0 atom stereocenters. The quantitative estimate of drug-likeness (QED) is 0.814. The van der Waals surface area contributed by atoms with Crippen LogP contribution in [0.3, 0.4) is 0 Å². The molecule has 0 spiro atoms. The van der Waals surface area contributed by atoms with Gasteiger partial charge in [-0.05, 0) is 50.2 Å². The third-order valence-electron chi connectivity index (χ3n) is 2.74. The number of nitrogens with one attached hydrogen (secondary N) is 1. The van der Waals surface area contributed by atoms with E-state index in [1.807, 2.05) is 36.7 Å². The van der Waals surface area contributed by atoms with Crippen LogP contribution in [0.5, 0.6) is 0 Å². The number of hydrogen-bond acceptors (Lipinski definition) is 2. The minimum Gasteiger partial charge on any atom is -0.399 e. The van der Waals surface area contributed by atoms with Gasteiger partial charge in [0.15, 0.2) is 0 Å². The average molecular weight is 243 g/mol. The van der Waals surface area contributed by atoms with Crippen molar-refractivity contribution in [3.63, 3.8) is 0 Å². The first-order valence-corrected chi connectivity index (χ1v) is 5.91. The predicted molar refractivity (Wildman–Crippen MR) is 73.6 cm³/mol. The van der Waals surface area contributed by atoms with Gasteiger partial charge in [-0.2, -0.15) is 0 Å². The lowest BCUT2D eigenvalue weighted by Crippen LogP contribution is -2.17. The molecule has 0 radical (unpaired) electrons. The number of hydrogen-bond donors (Lipinski definition) is 2. The highest BCUT2D eigenvalue weighted by atomic mass is 16.1. The first-order chi connectivity index (χ1) is 8.58. The SMILES string of the molecule is CC(C)n1cccc1C(=O)Nc1ccc(N)cc1. The number of nitrogens with two attached hydrogens (primary N) is 1. The summed E-state index contributed by atoms with van der Waals surface area (Å²) in [6.45, 7) is 4.08. The van der Waals surface area contributed by atoms with Crippen LogP contribution >= 0.6 is 0 Å². The van der Waals surface area contributed by atoms with E-state index in [0.717, 1.165) is 5.69 Å². The first kappa shape index (κ1) is 12.2. The molecule has 1 aromatic heterocycles. The maximum absolute atomic E-state index is 12.1. The molecular formula is C14H17N3O. The van der Waals surface area contributed by atoms with Crippen molar-refractivity contribution in [3.05, 3.63) is 48.3 Å². The molecule has 94 valence electrons. The van der Waals surface area contributed by atoms with E-state index in [1.165, 1.54) is 0 Å². The van der Waals surface area contributed by atoms with E-state index < -0.39 is 0 Å². The van der Waals surface area contributed by atoms with Gasteiger partial charge >= 0.3 is 0 Å². The molecule has 18 heavy (non-hydrogen) atoms. The molecule has 0 aliphatic carbocycles. The third kappa shape index (κ3) is 2.53. The second-order valence-corrected chi connectivity index (χ2v) is 4.47. The van der Waals surface area contributed by atoms with Crippen molar-refractivity contribution in [2.24, 2.45) is 0 Å². The Kier molecular flexibility index (Phi) is 3.37. The van der Waals surface area contributed by atoms with Gasteiger partial charge in [-0.15, -0.1) is 0 Å². The standard InChI is InChI=1S/C14H17N3O/c1-10(2)17-9-3-4-13(17)14(18)16-12-7-5-11(15)6-8-12/h3-10H,15H2,1-2H3,(H,16,18). The molecule has 1 amide bonds. The van der Waals surface area contributed by atoms with Gasteiger partial charge in [0.1, 0.15) is 5.69 Å². The zero-order chi connectivity index (χ0) is 13.1. The Bertz CT molecular complexity index is 540. The van der Waals surface area contributed by atoms with Crippen molar-refractivity contribution in [2.75, 3.05) is 11.1 Å². The molecular weight excluding hydrogens is 226 g/mol. The second kappa shape index (κ2) is 4.96. The normalized spacial score (nSPS) is 10.6. The highest BCUT2D eigenvalue weighted by Crippen LogP contribution is 2.15. The van der Waals surface area contributed by atoms with Crippen molar-refractivity contribution in [3.8, 4) is 0 Å². The summed E-state index contributed by atoms with van der Waals surface area (Å²) in [4.78, 5) is 12.1. The van der Waals surface area contributed by atoms with Crippen molar-refractivity contribution < 1.29 is 4.79 Å². The van der Waals surface area contributed by atoms with Gasteiger partial charge in [0, 0.05) is 23.6 Å². The smallest absolute Gasteiger partial charge is 0.272 e. The lowest BCUT2D eigenvalue weighted by atomic mass is 10.2. The number of amides is 1. The van der Waals surface area contributed by atoms with Crippen molar-refractivity contribution in [2.45, 2.75) is 19.9 Å². The topological polar surface area (TPSA) is 60.0 Å². The summed E-state index contributed by atoms with van der Waals surface area (Å²) in [5, 5.41) is 2.85. The van der Waals surface area contributed by atoms with E-state index in [-0.39, 0.29) is 11.9 Å². The average Bonchev–Trinajstić information content (AvgIpc) is 2.81. The second-order valence-electron chi connectivity index (χ2n) is 4.47. The van der Waals surface area contributed by atoms with Gasteiger partial charge in [-0.3, -0.25) is 4.79 Å². The van der Waals surface area contributed by atoms with Crippen LogP contribution in [0, 0.1) is 0 Å². The highest BCUT2D eigenvalue weighted by Gasteiger charge is 2.12. The molecule has 4 heteroatoms. The van der Waals surface area contributed by atoms with Crippen LogP contribution in [0.15, 0.2) is 42.6 Å². The Labute approximate surface area is 106 Å². The number of rotatable bonds is 3. The minimum absolute atomic E-state index is 0.113. The number of carbonyl (C=O) groups is 1. The molecule has 3 N–H and O–H groups in total. The molecule has 1 aromatic carbocycles. The van der Waals surface area contributed by atoms with Crippen LogP contribution in [0.1, 0.15) is 30.4 Å². The van der Waals surface area contributed by atoms with Gasteiger partial charge < -0.3 is 15.6 Å². The fourth-order valence-corrected chi connectivity index (χ4v) is 1.80. The van der Waals surface area contributed by atoms with Gasteiger partial charge in [-0.1, -0.05) is 0 Å². The largest absolute Gasteiger partial charge is 0.399 e. The number of nitrogens with zero attached hydrogens (tertiary/aromatic N) is 1. The molecule has 0 saturated heterocycles. The lowest BCUT2D eigenvalue weighted by molar-refractivity contribution is 0.101. The third-order valence-corrected chi connectivity index (χ3v) is 2.74. The van der Waals surface area contributed by atoms with E-state index in [2.05, 4.69) is 5.32 Å². The minimum atomic E-state index is -0.113. The van der Waals surface area contributed by atoms with Gasteiger partial charge in [0.2, 0.25) is 0 Å². The monoisotopic (exact) mass is 243 g/mol. The number of nitrogen functional groups attached to an aromatic ring is 1. The van der Waals surface area contributed by atoms with Crippen molar-refractivity contribution in [1.82, 2.24) is 4.57 Å². The Hall–Kier alpha value is -2.23. The summed E-state index contributed by atoms with van der Waals surface area (Å²) in [5.74, 6) is -0.113. The molecule has 0 aliphatic heterocycles.